The van der Waals surface area contributed by atoms with Crippen LogP contribution in [0.4, 0.5) is 17.3 Å². The zero-order valence-electron chi connectivity index (χ0n) is 13.0. The number of hydrogen-bond acceptors (Lipinski definition) is 6. The lowest BCUT2D eigenvalue weighted by molar-refractivity contribution is 0.0962. The van der Waals surface area contributed by atoms with Gasteiger partial charge in [-0.05, 0) is 38.1 Å². The number of hydrogen-bond donors (Lipinski definition) is 3. The molecule has 1 aromatic carbocycles. The Morgan fingerprint density at radius 1 is 1.22 bits per heavy atom. The second-order valence-corrected chi connectivity index (χ2v) is 5.15. The van der Waals surface area contributed by atoms with E-state index in [1.807, 2.05) is 18.7 Å². The first-order valence-corrected chi connectivity index (χ1v) is 7.62. The van der Waals surface area contributed by atoms with Crippen molar-refractivity contribution in [1.82, 2.24) is 15.4 Å². The highest BCUT2D eigenvalue weighted by Crippen LogP contribution is 2.25. The average molecular weight is 335 g/mol. The zero-order chi connectivity index (χ0) is 16.8. The quantitative estimate of drug-likeness (QED) is 0.701. The number of nitrogens with one attached hydrogen (secondary N) is 2. The molecule has 2 rings (SSSR count). The zero-order valence-corrected chi connectivity index (χ0v) is 13.8. The minimum Gasteiger partial charge on any atom is -0.393 e. The van der Waals surface area contributed by atoms with E-state index in [0.717, 1.165) is 13.1 Å². The standard InChI is InChI=1S/C15H19ClN6O/c1-3-22(4-2)14-12(17)13(18-9-19-14)20-21-15(23)10-5-7-11(16)8-6-10/h5-9H,3-4,17H2,1-2H3,(H,21,23)(H,18,19,20). The molecule has 0 saturated carbocycles. The summed E-state index contributed by atoms with van der Waals surface area (Å²) in [5.74, 6) is 0.668. The second kappa shape index (κ2) is 7.64. The van der Waals surface area contributed by atoms with Crippen molar-refractivity contribution in [2.75, 3.05) is 29.1 Å². The van der Waals surface area contributed by atoms with Crippen LogP contribution in [0.3, 0.4) is 0 Å². The smallest absolute Gasteiger partial charge is 0.269 e. The molecule has 0 aliphatic carbocycles. The highest BCUT2D eigenvalue weighted by molar-refractivity contribution is 6.30. The van der Waals surface area contributed by atoms with Gasteiger partial charge in [-0.15, -0.1) is 0 Å². The number of amides is 1. The van der Waals surface area contributed by atoms with Crippen molar-refractivity contribution in [3.63, 3.8) is 0 Å². The Balaban J connectivity index is 2.10. The fourth-order valence-electron chi connectivity index (χ4n) is 2.05. The van der Waals surface area contributed by atoms with Crippen molar-refractivity contribution in [1.29, 1.82) is 0 Å². The molecule has 0 atom stereocenters. The summed E-state index contributed by atoms with van der Waals surface area (Å²) in [4.78, 5) is 22.3. The summed E-state index contributed by atoms with van der Waals surface area (Å²) in [5.41, 5.74) is 12.2. The van der Waals surface area contributed by atoms with Gasteiger partial charge in [-0.3, -0.25) is 15.6 Å². The van der Waals surface area contributed by atoms with Crippen molar-refractivity contribution in [3.05, 3.63) is 41.2 Å². The number of carbonyl (C=O) groups excluding carboxylic acids is 1. The van der Waals surface area contributed by atoms with Crippen LogP contribution in [0.2, 0.25) is 5.02 Å². The van der Waals surface area contributed by atoms with Gasteiger partial charge in [0.1, 0.15) is 12.0 Å². The summed E-state index contributed by atoms with van der Waals surface area (Å²) < 4.78 is 0. The van der Waals surface area contributed by atoms with E-state index in [0.29, 0.717) is 27.9 Å². The molecular formula is C15H19ClN6O. The van der Waals surface area contributed by atoms with Gasteiger partial charge in [0.25, 0.3) is 5.91 Å². The van der Waals surface area contributed by atoms with Gasteiger partial charge in [0.05, 0.1) is 0 Å². The van der Waals surface area contributed by atoms with E-state index < -0.39 is 0 Å². The van der Waals surface area contributed by atoms with Gasteiger partial charge >= 0.3 is 0 Å². The Bertz CT molecular complexity index is 672. The summed E-state index contributed by atoms with van der Waals surface area (Å²) in [6.45, 7) is 5.57. The highest BCUT2D eigenvalue weighted by Gasteiger charge is 2.13. The molecule has 0 fully saturated rings. The molecule has 7 nitrogen and oxygen atoms in total. The Hall–Kier alpha value is -2.54. The van der Waals surface area contributed by atoms with Crippen molar-refractivity contribution in [2.45, 2.75) is 13.8 Å². The van der Waals surface area contributed by atoms with Crippen molar-refractivity contribution >= 4 is 34.8 Å². The van der Waals surface area contributed by atoms with Gasteiger partial charge in [0.15, 0.2) is 11.6 Å². The van der Waals surface area contributed by atoms with Gasteiger partial charge in [-0.25, -0.2) is 9.97 Å². The molecule has 1 heterocycles. The molecule has 8 heteroatoms. The number of anilines is 3. The third-order valence-corrected chi connectivity index (χ3v) is 3.58. The predicted octanol–water partition coefficient (Wildman–Crippen LogP) is 2.32. The second-order valence-electron chi connectivity index (χ2n) is 4.72. The molecule has 0 aliphatic heterocycles. The number of hydrazine groups is 1. The molecule has 1 aromatic heterocycles. The Kier molecular flexibility index (Phi) is 5.59. The van der Waals surface area contributed by atoms with Crippen LogP contribution in [0, 0.1) is 0 Å². The van der Waals surface area contributed by atoms with Crippen molar-refractivity contribution in [3.8, 4) is 0 Å². The fourth-order valence-corrected chi connectivity index (χ4v) is 2.18. The first kappa shape index (κ1) is 16.8. The first-order chi connectivity index (χ1) is 11.1. The van der Waals surface area contributed by atoms with Crippen LogP contribution < -0.4 is 21.5 Å². The molecule has 23 heavy (non-hydrogen) atoms. The van der Waals surface area contributed by atoms with E-state index >= 15 is 0 Å². The first-order valence-electron chi connectivity index (χ1n) is 7.24. The largest absolute Gasteiger partial charge is 0.393 e. The molecule has 0 spiro atoms. The van der Waals surface area contributed by atoms with Gasteiger partial charge < -0.3 is 10.6 Å². The minimum atomic E-state index is -0.316. The van der Waals surface area contributed by atoms with E-state index in [-0.39, 0.29) is 5.91 Å². The van der Waals surface area contributed by atoms with E-state index in [4.69, 9.17) is 17.3 Å². The number of benzene rings is 1. The molecule has 0 unspecified atom stereocenters. The summed E-state index contributed by atoms with van der Waals surface area (Å²) in [7, 11) is 0. The Morgan fingerprint density at radius 3 is 2.48 bits per heavy atom. The van der Waals surface area contributed by atoms with E-state index in [2.05, 4.69) is 20.8 Å². The Morgan fingerprint density at radius 2 is 1.87 bits per heavy atom. The molecule has 0 aliphatic rings. The van der Waals surface area contributed by atoms with Gasteiger partial charge in [0.2, 0.25) is 0 Å². The minimum absolute atomic E-state index is 0.316. The maximum Gasteiger partial charge on any atom is 0.269 e. The van der Waals surface area contributed by atoms with E-state index in [9.17, 15) is 4.79 Å². The number of halogens is 1. The van der Waals surface area contributed by atoms with Crippen LogP contribution in [0.25, 0.3) is 0 Å². The number of nitrogens with zero attached hydrogens (tertiary/aromatic N) is 3. The van der Waals surface area contributed by atoms with Crippen LogP contribution in [-0.4, -0.2) is 29.0 Å². The van der Waals surface area contributed by atoms with Gasteiger partial charge in [-0.2, -0.15) is 0 Å². The molecule has 0 saturated heterocycles. The van der Waals surface area contributed by atoms with Crippen LogP contribution in [0.1, 0.15) is 24.2 Å². The molecule has 122 valence electrons. The topological polar surface area (TPSA) is 96.2 Å². The molecule has 0 bridgehead atoms. The third kappa shape index (κ3) is 4.01. The number of rotatable bonds is 6. The molecule has 2 aromatic rings. The van der Waals surface area contributed by atoms with Crippen molar-refractivity contribution in [2.24, 2.45) is 0 Å². The summed E-state index contributed by atoms with van der Waals surface area (Å²) >= 11 is 5.80. The maximum atomic E-state index is 12.1. The summed E-state index contributed by atoms with van der Waals surface area (Å²) in [5, 5.41) is 0.568. The van der Waals surface area contributed by atoms with Gasteiger partial charge in [-0.1, -0.05) is 11.6 Å². The summed E-state index contributed by atoms with van der Waals surface area (Å²) in [6.07, 6.45) is 1.40. The number of nitrogens with two attached hydrogens (primary N) is 1. The lowest BCUT2D eigenvalue weighted by Crippen LogP contribution is -2.31. The van der Waals surface area contributed by atoms with Crippen molar-refractivity contribution < 1.29 is 4.79 Å². The lowest BCUT2D eigenvalue weighted by atomic mass is 10.2. The molecular weight excluding hydrogens is 316 g/mol. The SMILES string of the molecule is CCN(CC)c1ncnc(NNC(=O)c2ccc(Cl)cc2)c1N. The normalized spacial score (nSPS) is 10.2. The van der Waals surface area contributed by atoms with E-state index in [1.54, 1.807) is 24.3 Å². The summed E-state index contributed by atoms with van der Waals surface area (Å²) in [6, 6.07) is 6.55. The predicted molar refractivity (Wildman–Crippen MR) is 92.5 cm³/mol. The van der Waals surface area contributed by atoms with Gasteiger partial charge in [0, 0.05) is 23.7 Å². The van der Waals surface area contributed by atoms with Crippen LogP contribution in [0.15, 0.2) is 30.6 Å². The van der Waals surface area contributed by atoms with E-state index in [1.165, 1.54) is 6.33 Å². The molecule has 4 N–H and O–H groups in total. The van der Waals surface area contributed by atoms with Crippen LogP contribution >= 0.6 is 11.6 Å². The highest BCUT2D eigenvalue weighted by atomic mass is 35.5. The monoisotopic (exact) mass is 334 g/mol. The van der Waals surface area contributed by atoms with Crippen LogP contribution in [-0.2, 0) is 0 Å². The molecule has 1 amide bonds. The number of carbonyl (C=O) groups is 1. The number of nitrogen functional groups attached to an aromatic ring is 1. The Labute approximate surface area is 139 Å². The third-order valence-electron chi connectivity index (χ3n) is 3.33. The number of aromatic nitrogens is 2. The lowest BCUT2D eigenvalue weighted by Gasteiger charge is -2.22. The maximum absolute atomic E-state index is 12.1. The average Bonchev–Trinajstić information content (AvgIpc) is 2.56. The molecule has 0 radical (unpaired) electrons. The fraction of sp³-hybridized carbons (Fsp3) is 0.267. The van der Waals surface area contributed by atoms with Crippen LogP contribution in [0.5, 0.6) is 0 Å².